The molecule has 0 saturated carbocycles. The maximum absolute atomic E-state index is 10.1. The molecule has 0 fully saturated rings. The fourth-order valence-corrected chi connectivity index (χ4v) is 2.23. The van der Waals surface area contributed by atoms with Crippen molar-refractivity contribution >= 4 is 5.84 Å². The molecule has 0 spiro atoms. The highest BCUT2D eigenvalue weighted by atomic mass is 16.4. The largest absolute Gasteiger partial charge is 0.409 e. The Morgan fingerprint density at radius 3 is 2.37 bits per heavy atom. The van der Waals surface area contributed by atoms with Crippen LogP contribution in [0.3, 0.4) is 0 Å². The second kappa shape index (κ2) is 7.70. The predicted octanol–water partition coefficient (Wildman–Crippen LogP) is 1.93. The zero-order valence-electron chi connectivity index (χ0n) is 13.0. The van der Waals surface area contributed by atoms with Crippen LogP contribution in [0, 0.1) is 11.3 Å². The van der Waals surface area contributed by atoms with E-state index < -0.39 is 5.60 Å². The summed E-state index contributed by atoms with van der Waals surface area (Å²) in [5.74, 6) is 0.746. The lowest BCUT2D eigenvalue weighted by molar-refractivity contribution is 0.0386. The molecule has 19 heavy (non-hydrogen) atoms. The fraction of sp³-hybridized carbons (Fsp3) is 0.929. The van der Waals surface area contributed by atoms with Crippen LogP contribution in [0.4, 0.5) is 0 Å². The molecule has 1 unspecified atom stereocenters. The highest BCUT2D eigenvalue weighted by molar-refractivity contribution is 5.85. The number of nitrogens with zero attached hydrogens (tertiary/aromatic N) is 1. The third-order valence-electron chi connectivity index (χ3n) is 3.31. The van der Waals surface area contributed by atoms with E-state index in [1.807, 2.05) is 20.8 Å². The molecule has 5 heteroatoms. The minimum atomic E-state index is -0.657. The molecule has 0 aliphatic heterocycles. The van der Waals surface area contributed by atoms with Crippen molar-refractivity contribution in [2.24, 2.45) is 22.2 Å². The molecule has 5 nitrogen and oxygen atoms in total. The number of nitrogens with two attached hydrogens (primary N) is 1. The Morgan fingerprint density at radius 1 is 1.32 bits per heavy atom. The molecule has 1 atom stereocenters. The predicted molar refractivity (Wildman–Crippen MR) is 79.4 cm³/mol. The number of oxime groups is 1. The molecule has 0 aromatic heterocycles. The van der Waals surface area contributed by atoms with Crippen molar-refractivity contribution in [1.82, 2.24) is 5.32 Å². The first-order chi connectivity index (χ1) is 8.60. The Balaban J connectivity index is 3.88. The molecule has 0 aliphatic carbocycles. The van der Waals surface area contributed by atoms with Crippen molar-refractivity contribution in [3.63, 3.8) is 0 Å². The Kier molecular flexibility index (Phi) is 7.37. The van der Waals surface area contributed by atoms with E-state index in [0.29, 0.717) is 12.5 Å². The van der Waals surface area contributed by atoms with Crippen molar-refractivity contribution in [2.75, 3.05) is 13.1 Å². The van der Waals surface area contributed by atoms with Crippen LogP contribution < -0.4 is 11.1 Å². The Labute approximate surface area is 117 Å². The number of amidine groups is 1. The van der Waals surface area contributed by atoms with E-state index in [4.69, 9.17) is 10.9 Å². The van der Waals surface area contributed by atoms with Crippen LogP contribution in [0.2, 0.25) is 0 Å². The van der Waals surface area contributed by atoms with Crippen LogP contribution in [0.25, 0.3) is 0 Å². The molecule has 0 saturated heterocycles. The van der Waals surface area contributed by atoms with Crippen LogP contribution in [-0.2, 0) is 0 Å². The van der Waals surface area contributed by atoms with Crippen LogP contribution in [0.1, 0.15) is 53.9 Å². The minimum absolute atomic E-state index is 0.263. The van der Waals surface area contributed by atoms with Gasteiger partial charge < -0.3 is 21.4 Å². The molecule has 0 aromatic rings. The van der Waals surface area contributed by atoms with Crippen LogP contribution in [0.5, 0.6) is 0 Å². The standard InChI is InChI=1S/C14H31N3O2/c1-11(2)9-14(5,18)10-16-8-6-7-13(3,4)12(15)17-19/h11,16,18-19H,6-10H2,1-5H3,(H2,15,17). The van der Waals surface area contributed by atoms with E-state index in [-0.39, 0.29) is 11.3 Å². The lowest BCUT2D eigenvalue weighted by Gasteiger charge is -2.26. The number of hydrogen-bond donors (Lipinski definition) is 4. The zero-order chi connectivity index (χ0) is 15.1. The maximum Gasteiger partial charge on any atom is 0.144 e. The molecule has 0 bridgehead atoms. The molecular formula is C14H31N3O2. The van der Waals surface area contributed by atoms with Crippen LogP contribution in [0.15, 0.2) is 5.16 Å². The van der Waals surface area contributed by atoms with Gasteiger partial charge in [-0.15, -0.1) is 0 Å². The van der Waals surface area contributed by atoms with E-state index in [1.165, 1.54) is 0 Å². The molecule has 5 N–H and O–H groups in total. The third-order valence-corrected chi connectivity index (χ3v) is 3.31. The van der Waals surface area contributed by atoms with Gasteiger partial charge >= 0.3 is 0 Å². The summed E-state index contributed by atoms with van der Waals surface area (Å²) in [6, 6.07) is 0. The van der Waals surface area contributed by atoms with Gasteiger partial charge in [0.05, 0.1) is 5.60 Å². The molecule has 0 radical (unpaired) electrons. The Hall–Kier alpha value is -0.810. The van der Waals surface area contributed by atoms with E-state index in [2.05, 4.69) is 24.3 Å². The SMILES string of the molecule is CC(C)CC(C)(O)CNCCCC(C)(C)C(N)=NO. The highest BCUT2D eigenvalue weighted by Crippen LogP contribution is 2.22. The van der Waals surface area contributed by atoms with Crippen molar-refractivity contribution in [3.8, 4) is 0 Å². The first-order valence-corrected chi connectivity index (χ1v) is 7.02. The molecule has 0 rings (SSSR count). The average Bonchev–Trinajstić information content (AvgIpc) is 2.25. The van der Waals surface area contributed by atoms with E-state index in [0.717, 1.165) is 25.8 Å². The molecule has 0 aromatic carbocycles. The molecule has 0 heterocycles. The monoisotopic (exact) mass is 273 g/mol. The second-order valence-corrected chi connectivity index (χ2v) is 6.74. The van der Waals surface area contributed by atoms with Gasteiger partial charge in [0.2, 0.25) is 0 Å². The quantitative estimate of drug-likeness (QED) is 0.170. The van der Waals surface area contributed by atoms with Gasteiger partial charge in [-0.1, -0.05) is 32.9 Å². The van der Waals surface area contributed by atoms with Gasteiger partial charge in [0.25, 0.3) is 0 Å². The Bertz CT molecular complexity index is 286. The zero-order valence-corrected chi connectivity index (χ0v) is 13.0. The minimum Gasteiger partial charge on any atom is -0.409 e. The lowest BCUT2D eigenvalue weighted by Crippen LogP contribution is -2.39. The van der Waals surface area contributed by atoms with Gasteiger partial charge in [0, 0.05) is 12.0 Å². The van der Waals surface area contributed by atoms with Crippen molar-refractivity contribution in [2.45, 2.75) is 59.5 Å². The topological polar surface area (TPSA) is 90.9 Å². The van der Waals surface area contributed by atoms with Crippen molar-refractivity contribution < 1.29 is 10.3 Å². The summed E-state index contributed by atoms with van der Waals surface area (Å²) in [6.07, 6.45) is 2.54. The van der Waals surface area contributed by atoms with Gasteiger partial charge in [-0.3, -0.25) is 0 Å². The summed E-state index contributed by atoms with van der Waals surface area (Å²) in [6.45, 7) is 11.4. The van der Waals surface area contributed by atoms with Crippen LogP contribution in [-0.4, -0.2) is 34.8 Å². The van der Waals surface area contributed by atoms with Gasteiger partial charge in [-0.05, 0) is 38.6 Å². The number of rotatable bonds is 9. The van der Waals surface area contributed by atoms with Crippen molar-refractivity contribution in [1.29, 1.82) is 0 Å². The Morgan fingerprint density at radius 2 is 1.89 bits per heavy atom. The molecule has 0 aliphatic rings. The molecule has 0 amide bonds. The van der Waals surface area contributed by atoms with Gasteiger partial charge in [-0.25, -0.2) is 0 Å². The van der Waals surface area contributed by atoms with E-state index in [1.54, 1.807) is 0 Å². The number of nitrogens with one attached hydrogen (secondary N) is 1. The number of hydrogen-bond acceptors (Lipinski definition) is 4. The summed E-state index contributed by atoms with van der Waals surface area (Å²) in [4.78, 5) is 0. The van der Waals surface area contributed by atoms with E-state index in [9.17, 15) is 5.11 Å². The lowest BCUT2D eigenvalue weighted by atomic mass is 9.86. The highest BCUT2D eigenvalue weighted by Gasteiger charge is 2.24. The summed E-state index contributed by atoms with van der Waals surface area (Å²) >= 11 is 0. The number of aliphatic hydroxyl groups is 1. The van der Waals surface area contributed by atoms with Crippen molar-refractivity contribution in [3.05, 3.63) is 0 Å². The van der Waals surface area contributed by atoms with Gasteiger partial charge in [0.1, 0.15) is 5.84 Å². The molecule has 114 valence electrons. The van der Waals surface area contributed by atoms with Crippen LogP contribution >= 0.6 is 0 Å². The summed E-state index contributed by atoms with van der Waals surface area (Å²) in [5, 5.41) is 25.1. The van der Waals surface area contributed by atoms with Gasteiger partial charge in [0.15, 0.2) is 0 Å². The first-order valence-electron chi connectivity index (χ1n) is 7.02. The fourth-order valence-electron chi connectivity index (χ4n) is 2.23. The summed E-state index contributed by atoms with van der Waals surface area (Å²) in [7, 11) is 0. The summed E-state index contributed by atoms with van der Waals surface area (Å²) in [5.41, 5.74) is 4.68. The third kappa shape index (κ3) is 8.06. The normalized spacial score (nSPS) is 16.7. The maximum atomic E-state index is 10.1. The van der Waals surface area contributed by atoms with Gasteiger partial charge in [-0.2, -0.15) is 0 Å². The average molecular weight is 273 g/mol. The molecular weight excluding hydrogens is 242 g/mol. The smallest absolute Gasteiger partial charge is 0.144 e. The van der Waals surface area contributed by atoms with E-state index >= 15 is 0 Å². The second-order valence-electron chi connectivity index (χ2n) is 6.74. The summed E-state index contributed by atoms with van der Waals surface area (Å²) < 4.78 is 0. The first kappa shape index (κ1) is 18.2.